The van der Waals surface area contributed by atoms with Gasteiger partial charge in [0.05, 0.1) is 11.8 Å². The second-order valence-corrected chi connectivity index (χ2v) is 3.76. The summed E-state index contributed by atoms with van der Waals surface area (Å²) in [5, 5.41) is 26.2. The van der Waals surface area contributed by atoms with Crippen molar-refractivity contribution in [3.05, 3.63) is 0 Å². The summed E-state index contributed by atoms with van der Waals surface area (Å²) in [5.74, 6) is -6.48. The predicted octanol–water partition coefficient (Wildman–Crippen LogP) is -1.04. The average molecular weight is 217 g/mol. The molecule has 2 unspecified atom stereocenters. The van der Waals surface area contributed by atoms with Crippen molar-refractivity contribution >= 4 is 17.9 Å². The van der Waals surface area contributed by atoms with E-state index in [9.17, 15) is 14.4 Å². The maximum absolute atomic E-state index is 10.7. The molecule has 0 spiro atoms. The Kier molecular flexibility index (Phi) is 2.67. The summed E-state index contributed by atoms with van der Waals surface area (Å²) in [5.41, 5.74) is 3.69. The van der Waals surface area contributed by atoms with E-state index >= 15 is 0 Å². The summed E-state index contributed by atoms with van der Waals surface area (Å²) in [6.45, 7) is 0. The highest BCUT2D eigenvalue weighted by Gasteiger charge is 2.53. The molecule has 1 saturated carbocycles. The van der Waals surface area contributed by atoms with E-state index in [-0.39, 0.29) is 12.8 Å². The SMILES string of the molecule is NC1(C(=O)O)CC(C(=O)O)[C@@H](C(=O)O)C1. The van der Waals surface area contributed by atoms with Crippen LogP contribution in [0.4, 0.5) is 0 Å². The van der Waals surface area contributed by atoms with E-state index in [1.54, 1.807) is 0 Å². The third-order valence-corrected chi connectivity index (χ3v) is 2.71. The Morgan fingerprint density at radius 1 is 1.00 bits per heavy atom. The highest BCUT2D eigenvalue weighted by Crippen LogP contribution is 2.38. The molecule has 0 aromatic carbocycles. The molecular weight excluding hydrogens is 206 g/mol. The predicted molar refractivity (Wildman–Crippen MR) is 46.0 cm³/mol. The molecule has 3 atom stereocenters. The van der Waals surface area contributed by atoms with Crippen LogP contribution in [0.25, 0.3) is 0 Å². The standard InChI is InChI=1S/C8H11NO6/c9-8(7(14)15)1-3(5(10)11)4(2-8)6(12)13/h3-4H,1-2,9H2,(H,10,11)(H,12,13)(H,14,15)/t3-,4?,8?/m0/s1. The Morgan fingerprint density at radius 3 is 1.53 bits per heavy atom. The molecule has 0 radical (unpaired) electrons. The minimum atomic E-state index is -1.74. The summed E-state index contributed by atoms with van der Waals surface area (Å²) in [6, 6.07) is 0. The number of nitrogens with two attached hydrogens (primary N) is 1. The second-order valence-electron chi connectivity index (χ2n) is 3.76. The molecule has 5 N–H and O–H groups in total. The maximum Gasteiger partial charge on any atom is 0.323 e. The van der Waals surface area contributed by atoms with Gasteiger partial charge >= 0.3 is 17.9 Å². The van der Waals surface area contributed by atoms with E-state index in [0.717, 1.165) is 0 Å². The summed E-state index contributed by atoms with van der Waals surface area (Å²) in [6.07, 6.45) is -0.705. The van der Waals surface area contributed by atoms with Crippen LogP contribution < -0.4 is 5.73 Å². The molecule has 1 rings (SSSR count). The third-order valence-electron chi connectivity index (χ3n) is 2.71. The average Bonchev–Trinajstić information content (AvgIpc) is 2.45. The van der Waals surface area contributed by atoms with Crippen molar-refractivity contribution in [3.63, 3.8) is 0 Å². The first-order valence-corrected chi connectivity index (χ1v) is 4.26. The van der Waals surface area contributed by atoms with Gasteiger partial charge in [-0.2, -0.15) is 0 Å². The van der Waals surface area contributed by atoms with Crippen LogP contribution in [0.2, 0.25) is 0 Å². The second kappa shape index (κ2) is 3.50. The molecule has 1 aliphatic rings. The Hall–Kier alpha value is -1.63. The number of carbonyl (C=O) groups is 3. The first-order valence-electron chi connectivity index (χ1n) is 4.26. The molecular formula is C8H11NO6. The van der Waals surface area contributed by atoms with E-state index in [1.807, 2.05) is 0 Å². The smallest absolute Gasteiger partial charge is 0.323 e. The molecule has 15 heavy (non-hydrogen) atoms. The highest BCUT2D eigenvalue weighted by atomic mass is 16.4. The van der Waals surface area contributed by atoms with Crippen LogP contribution in [0, 0.1) is 11.8 Å². The van der Waals surface area contributed by atoms with Gasteiger partial charge < -0.3 is 21.1 Å². The molecule has 0 aromatic rings. The Balaban J connectivity index is 2.97. The van der Waals surface area contributed by atoms with E-state index in [4.69, 9.17) is 21.1 Å². The fourth-order valence-corrected chi connectivity index (χ4v) is 1.85. The van der Waals surface area contributed by atoms with Crippen molar-refractivity contribution in [3.8, 4) is 0 Å². The number of rotatable bonds is 3. The molecule has 0 saturated heterocycles. The van der Waals surface area contributed by atoms with Gasteiger partial charge in [0.25, 0.3) is 0 Å². The van der Waals surface area contributed by atoms with Gasteiger partial charge in [-0.05, 0) is 12.8 Å². The summed E-state index contributed by atoms with van der Waals surface area (Å²) in [7, 11) is 0. The molecule has 1 aliphatic carbocycles. The van der Waals surface area contributed by atoms with Gasteiger partial charge in [0.1, 0.15) is 5.54 Å². The van der Waals surface area contributed by atoms with Crippen molar-refractivity contribution in [1.29, 1.82) is 0 Å². The lowest BCUT2D eigenvalue weighted by Crippen LogP contribution is -2.46. The lowest BCUT2D eigenvalue weighted by atomic mass is 9.97. The zero-order valence-corrected chi connectivity index (χ0v) is 7.71. The van der Waals surface area contributed by atoms with Gasteiger partial charge in [-0.1, -0.05) is 0 Å². The summed E-state index contributed by atoms with van der Waals surface area (Å²) < 4.78 is 0. The number of aliphatic carboxylic acids is 3. The lowest BCUT2D eigenvalue weighted by molar-refractivity contribution is -0.152. The van der Waals surface area contributed by atoms with Crippen LogP contribution in [0.3, 0.4) is 0 Å². The first kappa shape index (κ1) is 11.4. The molecule has 0 amide bonds. The molecule has 0 aliphatic heterocycles. The van der Waals surface area contributed by atoms with Gasteiger partial charge in [0.2, 0.25) is 0 Å². The normalized spacial score (nSPS) is 35.0. The molecule has 0 bridgehead atoms. The third kappa shape index (κ3) is 1.91. The van der Waals surface area contributed by atoms with Crippen LogP contribution in [0.5, 0.6) is 0 Å². The van der Waals surface area contributed by atoms with E-state index < -0.39 is 35.3 Å². The molecule has 84 valence electrons. The minimum absolute atomic E-state index is 0.353. The zero-order valence-electron chi connectivity index (χ0n) is 7.71. The zero-order chi connectivity index (χ0) is 11.8. The van der Waals surface area contributed by atoms with Crippen molar-refractivity contribution in [2.45, 2.75) is 18.4 Å². The van der Waals surface area contributed by atoms with E-state index in [2.05, 4.69) is 0 Å². The fraction of sp³-hybridized carbons (Fsp3) is 0.625. The van der Waals surface area contributed by atoms with Crippen molar-refractivity contribution in [2.75, 3.05) is 0 Å². The quantitative estimate of drug-likeness (QED) is 0.473. The van der Waals surface area contributed by atoms with Gasteiger partial charge in [-0.15, -0.1) is 0 Å². The molecule has 0 aromatic heterocycles. The van der Waals surface area contributed by atoms with Crippen LogP contribution >= 0.6 is 0 Å². The lowest BCUT2D eigenvalue weighted by Gasteiger charge is -2.16. The molecule has 7 nitrogen and oxygen atoms in total. The van der Waals surface area contributed by atoms with Crippen molar-refractivity contribution in [2.24, 2.45) is 17.6 Å². The van der Waals surface area contributed by atoms with Crippen molar-refractivity contribution in [1.82, 2.24) is 0 Å². The number of carboxylic acid groups (broad SMARTS) is 3. The van der Waals surface area contributed by atoms with Gasteiger partial charge in [0.15, 0.2) is 0 Å². The number of hydrogen-bond donors (Lipinski definition) is 4. The van der Waals surface area contributed by atoms with Crippen LogP contribution in [-0.4, -0.2) is 38.8 Å². The summed E-state index contributed by atoms with van der Waals surface area (Å²) >= 11 is 0. The Morgan fingerprint density at radius 2 is 1.33 bits per heavy atom. The summed E-state index contributed by atoms with van der Waals surface area (Å²) in [4.78, 5) is 32.2. The van der Waals surface area contributed by atoms with Crippen LogP contribution in [-0.2, 0) is 14.4 Å². The highest BCUT2D eigenvalue weighted by molar-refractivity contribution is 5.86. The van der Waals surface area contributed by atoms with Crippen molar-refractivity contribution < 1.29 is 29.7 Å². The van der Waals surface area contributed by atoms with E-state index in [0.29, 0.717) is 0 Å². The van der Waals surface area contributed by atoms with Gasteiger partial charge in [0, 0.05) is 0 Å². The maximum atomic E-state index is 10.7. The number of hydrogen-bond acceptors (Lipinski definition) is 4. The Bertz CT molecular complexity index is 303. The van der Waals surface area contributed by atoms with Gasteiger partial charge in [-0.3, -0.25) is 14.4 Å². The first-order chi connectivity index (χ1) is 6.78. The Labute approximate surface area is 84.5 Å². The fourth-order valence-electron chi connectivity index (χ4n) is 1.85. The minimum Gasteiger partial charge on any atom is -0.481 e. The van der Waals surface area contributed by atoms with Crippen LogP contribution in [0.1, 0.15) is 12.8 Å². The molecule has 1 fully saturated rings. The molecule has 0 heterocycles. The topological polar surface area (TPSA) is 138 Å². The van der Waals surface area contributed by atoms with Crippen LogP contribution in [0.15, 0.2) is 0 Å². The molecule has 7 heteroatoms. The van der Waals surface area contributed by atoms with E-state index in [1.165, 1.54) is 0 Å². The largest absolute Gasteiger partial charge is 0.481 e. The monoisotopic (exact) mass is 217 g/mol. The van der Waals surface area contributed by atoms with Gasteiger partial charge in [-0.25, -0.2) is 0 Å². The number of carboxylic acids is 3.